The lowest BCUT2D eigenvalue weighted by Crippen LogP contribution is -2.26. The largest absolute Gasteiger partial charge is 0.395 e. The molecule has 0 aromatic heterocycles. The van der Waals surface area contributed by atoms with E-state index in [-0.39, 0.29) is 14.1 Å². The van der Waals surface area contributed by atoms with Crippen molar-refractivity contribution in [3.8, 4) is 0 Å². The summed E-state index contributed by atoms with van der Waals surface area (Å²) in [6, 6.07) is 0. The third-order valence-corrected chi connectivity index (χ3v) is 1.59. The van der Waals surface area contributed by atoms with Gasteiger partial charge in [-0.2, -0.15) is 0 Å². The van der Waals surface area contributed by atoms with Crippen LogP contribution in [0.25, 0.3) is 0 Å². The standard InChI is InChI=1S/C5H14O2Si.3CH3.Al/c1-6-5-7-8(2,3)4;;;;/h5H2,1-4H3;3*1H3;. The molecule has 0 aliphatic heterocycles. The van der Waals surface area contributed by atoms with Crippen molar-refractivity contribution in [3.63, 3.8) is 0 Å². The molecule has 0 aliphatic rings. The predicted octanol–water partition coefficient (Wildman–Crippen LogP) is 2.81. The van der Waals surface area contributed by atoms with E-state index < -0.39 is 8.32 Å². The third kappa shape index (κ3) is 31.0. The van der Waals surface area contributed by atoms with Crippen LogP contribution in [0.4, 0.5) is 0 Å². The van der Waals surface area contributed by atoms with E-state index in [0.717, 1.165) is 0 Å². The Morgan fingerprint density at radius 1 is 1.08 bits per heavy atom. The van der Waals surface area contributed by atoms with E-state index in [0.29, 0.717) is 6.79 Å². The molecule has 0 heterocycles. The molecule has 0 unspecified atom stereocenters. The van der Waals surface area contributed by atoms with Crippen LogP contribution < -0.4 is 0 Å². The number of hydrogen-bond acceptors (Lipinski definition) is 2. The molecule has 0 rings (SSSR count). The van der Waals surface area contributed by atoms with E-state index in [9.17, 15) is 0 Å². The van der Waals surface area contributed by atoms with Gasteiger partial charge in [-0.05, 0) is 19.6 Å². The number of ether oxygens (including phenoxy) is 1. The molecular formula is C8H23AlO2Si. The van der Waals surface area contributed by atoms with Gasteiger partial charge in [0.2, 0.25) is 0 Å². The van der Waals surface area contributed by atoms with Gasteiger partial charge < -0.3 is 9.16 Å². The second kappa shape index (κ2) is 8.28. The zero-order chi connectivity index (χ0) is 10.2. The summed E-state index contributed by atoms with van der Waals surface area (Å²) in [5, 5.41) is 0. The van der Waals surface area contributed by atoms with Gasteiger partial charge in [-0.3, -0.25) is 0 Å². The van der Waals surface area contributed by atoms with E-state index in [1.807, 2.05) is 0 Å². The smallest absolute Gasteiger partial charge is 0.251 e. The molecule has 0 aromatic rings. The quantitative estimate of drug-likeness (QED) is 0.522. The van der Waals surface area contributed by atoms with Gasteiger partial charge in [-0.15, -0.1) is 17.4 Å². The summed E-state index contributed by atoms with van der Waals surface area (Å²) in [5.74, 6) is 6.92. The van der Waals surface area contributed by atoms with Gasteiger partial charge in [0.1, 0.15) is 6.79 Å². The Kier molecular flexibility index (Phi) is 10.5. The van der Waals surface area contributed by atoms with Crippen molar-refractivity contribution in [1.82, 2.24) is 0 Å². The molecule has 0 saturated heterocycles. The van der Waals surface area contributed by atoms with Crippen molar-refractivity contribution in [2.24, 2.45) is 0 Å². The van der Waals surface area contributed by atoms with Crippen molar-refractivity contribution in [1.29, 1.82) is 0 Å². The van der Waals surface area contributed by atoms with Crippen molar-refractivity contribution < 1.29 is 9.16 Å². The molecule has 0 radical (unpaired) electrons. The lowest BCUT2D eigenvalue weighted by molar-refractivity contribution is 0.0458. The van der Waals surface area contributed by atoms with E-state index in [2.05, 4.69) is 37.0 Å². The van der Waals surface area contributed by atoms with Crippen LogP contribution in [0.3, 0.4) is 0 Å². The molecule has 0 amide bonds. The van der Waals surface area contributed by atoms with Crippen LogP contribution in [0.2, 0.25) is 37.0 Å². The zero-order valence-electron chi connectivity index (χ0n) is 9.60. The molecule has 2 nitrogen and oxygen atoms in total. The molecule has 4 heteroatoms. The summed E-state index contributed by atoms with van der Waals surface area (Å²) >= 11 is -0.139. The van der Waals surface area contributed by atoms with Crippen LogP contribution in [0.1, 0.15) is 0 Å². The fraction of sp³-hybridized carbons (Fsp3) is 1.00. The molecule has 12 heavy (non-hydrogen) atoms. The highest BCUT2D eigenvalue weighted by Gasteiger charge is 2.12. The lowest BCUT2D eigenvalue weighted by atomic mass is 11.4. The molecule has 0 fully saturated rings. The first-order valence-corrected chi connectivity index (χ1v) is 11.3. The molecule has 0 spiro atoms. The fourth-order valence-corrected chi connectivity index (χ4v) is 0.707. The average Bonchev–Trinajstić information content (AvgIpc) is 1.80. The van der Waals surface area contributed by atoms with Crippen LogP contribution in [-0.4, -0.2) is 36.4 Å². The molecule has 0 saturated carbocycles. The minimum Gasteiger partial charge on any atom is -0.395 e. The van der Waals surface area contributed by atoms with Crippen LogP contribution >= 0.6 is 0 Å². The summed E-state index contributed by atoms with van der Waals surface area (Å²) in [6.45, 7) is 6.83. The van der Waals surface area contributed by atoms with Gasteiger partial charge in [0.15, 0.2) is 8.32 Å². The molecule has 0 aromatic carbocycles. The maximum atomic E-state index is 5.30. The van der Waals surface area contributed by atoms with Crippen molar-refractivity contribution in [3.05, 3.63) is 0 Å². The van der Waals surface area contributed by atoms with E-state index in [1.54, 1.807) is 7.11 Å². The molecule has 0 N–H and O–H groups in total. The highest BCUT2D eigenvalue weighted by molar-refractivity contribution is 6.69. The normalized spacial score (nSPS) is 10.2. The van der Waals surface area contributed by atoms with Crippen molar-refractivity contribution in [2.45, 2.75) is 37.0 Å². The van der Waals surface area contributed by atoms with Gasteiger partial charge in [0, 0.05) is 7.11 Å². The van der Waals surface area contributed by atoms with Crippen LogP contribution in [-0.2, 0) is 9.16 Å². The van der Waals surface area contributed by atoms with Gasteiger partial charge in [0.25, 0.3) is 14.1 Å². The second-order valence-electron chi connectivity index (χ2n) is 4.40. The molecule has 74 valence electrons. The van der Waals surface area contributed by atoms with Crippen LogP contribution in [0.15, 0.2) is 0 Å². The third-order valence-electron chi connectivity index (χ3n) is 0.610. The minimum atomic E-state index is -1.30. The van der Waals surface area contributed by atoms with Crippen LogP contribution in [0.5, 0.6) is 0 Å². The Hall–Kier alpha value is 0.669. The summed E-state index contributed by atoms with van der Waals surface area (Å²) in [6.07, 6.45) is 0. The molecular weight excluding hydrogens is 183 g/mol. The minimum absolute atomic E-state index is 0.139. The lowest BCUT2D eigenvalue weighted by Gasteiger charge is -2.15. The summed E-state index contributed by atoms with van der Waals surface area (Å²) in [4.78, 5) is 0. The van der Waals surface area contributed by atoms with E-state index in [1.165, 1.54) is 0 Å². The van der Waals surface area contributed by atoms with E-state index >= 15 is 0 Å². The Morgan fingerprint density at radius 2 is 1.42 bits per heavy atom. The molecule has 0 atom stereocenters. The Labute approximate surface area is 82.8 Å². The average molecular weight is 206 g/mol. The maximum Gasteiger partial charge on any atom is 0.251 e. The second-order valence-corrected chi connectivity index (χ2v) is 12.4. The van der Waals surface area contributed by atoms with Crippen molar-refractivity contribution >= 4 is 22.5 Å². The first-order chi connectivity index (χ1) is 5.29. The Balaban J connectivity index is 0. The fourth-order valence-electron chi connectivity index (χ4n) is 0.236. The predicted molar refractivity (Wildman–Crippen MR) is 59.7 cm³/mol. The first kappa shape index (κ1) is 15.2. The number of methoxy groups -OCH3 is 1. The number of rotatable bonds is 3. The summed E-state index contributed by atoms with van der Waals surface area (Å²) in [5.41, 5.74) is 0. The van der Waals surface area contributed by atoms with Gasteiger partial charge >= 0.3 is 0 Å². The molecule has 0 bridgehead atoms. The van der Waals surface area contributed by atoms with Crippen LogP contribution in [0, 0.1) is 0 Å². The number of hydrogen-bond donors (Lipinski definition) is 0. The molecule has 0 aliphatic carbocycles. The highest BCUT2D eigenvalue weighted by Crippen LogP contribution is 2.00. The van der Waals surface area contributed by atoms with Gasteiger partial charge in [0.05, 0.1) is 0 Å². The Bertz CT molecular complexity index is 88.8. The summed E-state index contributed by atoms with van der Waals surface area (Å²) in [7, 11) is 0.336. The first-order valence-electron chi connectivity index (χ1n) is 4.42. The topological polar surface area (TPSA) is 18.5 Å². The highest BCUT2D eigenvalue weighted by atomic mass is 28.4. The summed E-state index contributed by atoms with van der Waals surface area (Å²) < 4.78 is 10.0. The van der Waals surface area contributed by atoms with Gasteiger partial charge in [-0.25, -0.2) is 0 Å². The SMILES string of the molecule is COCO[Si](C)(C)C.[CH3][Al]([CH3])[CH3]. The Morgan fingerprint density at radius 3 is 1.50 bits per heavy atom. The van der Waals surface area contributed by atoms with Crippen molar-refractivity contribution in [2.75, 3.05) is 13.9 Å². The zero-order valence-corrected chi connectivity index (χ0v) is 11.8. The monoisotopic (exact) mass is 206 g/mol. The maximum absolute atomic E-state index is 5.30. The van der Waals surface area contributed by atoms with Gasteiger partial charge in [-0.1, -0.05) is 0 Å². The van der Waals surface area contributed by atoms with E-state index in [4.69, 9.17) is 9.16 Å².